The zero-order chi connectivity index (χ0) is 21.7. The van der Waals surface area contributed by atoms with Crippen LogP contribution in [0.1, 0.15) is 28.9 Å². The van der Waals surface area contributed by atoms with Crippen molar-refractivity contribution in [2.75, 3.05) is 11.8 Å². The lowest BCUT2D eigenvalue weighted by molar-refractivity contribution is 0.0941. The van der Waals surface area contributed by atoms with Crippen LogP contribution < -0.4 is 14.8 Å². The first kappa shape index (κ1) is 21.7. The summed E-state index contributed by atoms with van der Waals surface area (Å²) in [5.41, 5.74) is 1.14. The van der Waals surface area contributed by atoms with E-state index < -0.39 is 15.9 Å². The van der Waals surface area contributed by atoms with Gasteiger partial charge in [-0.25, -0.2) is 8.42 Å². The molecule has 0 bridgehead atoms. The molecule has 0 heterocycles. The second kappa shape index (κ2) is 9.19. The predicted octanol–water partition coefficient (Wildman–Crippen LogP) is 4.64. The van der Waals surface area contributed by atoms with Crippen LogP contribution in [0.2, 0.25) is 5.02 Å². The summed E-state index contributed by atoms with van der Waals surface area (Å²) in [5.74, 6) is 0.260. The van der Waals surface area contributed by atoms with Gasteiger partial charge in [-0.1, -0.05) is 41.9 Å². The van der Waals surface area contributed by atoms with Crippen LogP contribution in [-0.4, -0.2) is 21.4 Å². The number of anilines is 1. The number of rotatable bonds is 7. The van der Waals surface area contributed by atoms with Gasteiger partial charge in [0, 0.05) is 5.02 Å². The fourth-order valence-corrected chi connectivity index (χ4v) is 4.12. The highest BCUT2D eigenvalue weighted by Crippen LogP contribution is 2.25. The maximum atomic E-state index is 12.9. The van der Waals surface area contributed by atoms with Crippen LogP contribution in [-0.2, 0) is 10.0 Å². The van der Waals surface area contributed by atoms with E-state index in [1.54, 1.807) is 37.4 Å². The van der Waals surface area contributed by atoms with Crippen molar-refractivity contribution in [3.8, 4) is 5.75 Å². The zero-order valence-corrected chi connectivity index (χ0v) is 18.0. The number of halogens is 1. The average Bonchev–Trinajstić information content (AvgIpc) is 2.75. The molecular formula is C22H21ClN2O4S. The Balaban J connectivity index is 1.84. The van der Waals surface area contributed by atoms with Gasteiger partial charge in [0.2, 0.25) is 0 Å². The molecule has 1 atom stereocenters. The minimum atomic E-state index is -3.86. The second-order valence-corrected chi connectivity index (χ2v) is 8.70. The normalized spacial score (nSPS) is 12.1. The molecule has 0 aliphatic rings. The Labute approximate surface area is 180 Å². The topological polar surface area (TPSA) is 84.5 Å². The van der Waals surface area contributed by atoms with Gasteiger partial charge in [0.25, 0.3) is 15.9 Å². The molecule has 30 heavy (non-hydrogen) atoms. The minimum absolute atomic E-state index is 0.0953. The van der Waals surface area contributed by atoms with E-state index in [0.29, 0.717) is 10.8 Å². The van der Waals surface area contributed by atoms with E-state index in [0.717, 1.165) is 5.56 Å². The number of sulfonamides is 1. The molecule has 1 amide bonds. The third-order valence-electron chi connectivity index (χ3n) is 4.49. The Bertz CT molecular complexity index is 1130. The van der Waals surface area contributed by atoms with Crippen molar-refractivity contribution >= 4 is 33.2 Å². The molecular weight excluding hydrogens is 424 g/mol. The summed E-state index contributed by atoms with van der Waals surface area (Å²) in [4.78, 5) is 13.0. The molecule has 0 saturated heterocycles. The molecule has 0 saturated carbocycles. The van der Waals surface area contributed by atoms with Gasteiger partial charge < -0.3 is 10.1 Å². The van der Waals surface area contributed by atoms with Gasteiger partial charge >= 0.3 is 0 Å². The standard InChI is InChI=1S/C22H21ClN2O4S/c1-15(16-8-11-18(29-2)12-9-16)24-22(26)20-14-17(23)10-13-21(20)25-30(27,28)19-6-4-3-5-7-19/h3-15,25H,1-2H3,(H,24,26)/t15-/m0/s1. The third-order valence-corrected chi connectivity index (χ3v) is 6.10. The van der Waals surface area contributed by atoms with Gasteiger partial charge in [-0.3, -0.25) is 9.52 Å². The van der Waals surface area contributed by atoms with Crippen molar-refractivity contribution in [1.29, 1.82) is 0 Å². The summed E-state index contributed by atoms with van der Waals surface area (Å²) in [7, 11) is -2.28. The van der Waals surface area contributed by atoms with E-state index >= 15 is 0 Å². The van der Waals surface area contributed by atoms with Crippen LogP contribution in [0.4, 0.5) is 5.69 Å². The van der Waals surface area contributed by atoms with Crippen molar-refractivity contribution in [1.82, 2.24) is 5.32 Å². The number of carbonyl (C=O) groups is 1. The Hall–Kier alpha value is -3.03. The molecule has 6 nitrogen and oxygen atoms in total. The Morgan fingerprint density at radius 3 is 2.30 bits per heavy atom. The van der Waals surface area contributed by atoms with Crippen LogP contribution >= 0.6 is 11.6 Å². The first-order valence-electron chi connectivity index (χ1n) is 9.12. The zero-order valence-electron chi connectivity index (χ0n) is 16.4. The number of hydrogen-bond donors (Lipinski definition) is 2. The monoisotopic (exact) mass is 444 g/mol. The number of hydrogen-bond acceptors (Lipinski definition) is 4. The fourth-order valence-electron chi connectivity index (χ4n) is 2.85. The summed E-state index contributed by atoms with van der Waals surface area (Å²) >= 11 is 6.06. The molecule has 0 unspecified atom stereocenters. The van der Waals surface area contributed by atoms with Gasteiger partial charge in [0.1, 0.15) is 5.75 Å². The molecule has 0 aliphatic carbocycles. The van der Waals surface area contributed by atoms with Gasteiger partial charge in [0.05, 0.1) is 29.3 Å². The van der Waals surface area contributed by atoms with Gasteiger partial charge in [-0.15, -0.1) is 0 Å². The molecule has 0 aromatic heterocycles. The highest BCUT2D eigenvalue weighted by atomic mass is 35.5. The lowest BCUT2D eigenvalue weighted by atomic mass is 10.1. The van der Waals surface area contributed by atoms with Gasteiger partial charge in [-0.05, 0) is 55.0 Å². The summed E-state index contributed by atoms with van der Waals surface area (Å²) in [5, 5.41) is 3.19. The number of benzene rings is 3. The summed E-state index contributed by atoms with van der Waals surface area (Å²) < 4.78 is 33.0. The maximum absolute atomic E-state index is 12.9. The maximum Gasteiger partial charge on any atom is 0.261 e. The highest BCUT2D eigenvalue weighted by molar-refractivity contribution is 7.92. The van der Waals surface area contributed by atoms with Crippen molar-refractivity contribution in [3.05, 3.63) is 88.9 Å². The number of carbonyl (C=O) groups excluding carboxylic acids is 1. The molecule has 156 valence electrons. The van der Waals surface area contributed by atoms with Crippen molar-refractivity contribution in [2.24, 2.45) is 0 Å². The van der Waals surface area contributed by atoms with Crippen molar-refractivity contribution in [3.63, 3.8) is 0 Å². The number of amides is 1. The van der Waals surface area contributed by atoms with Crippen LogP contribution in [0.15, 0.2) is 77.7 Å². The van der Waals surface area contributed by atoms with E-state index in [1.807, 2.05) is 19.1 Å². The SMILES string of the molecule is COc1ccc([C@H](C)NC(=O)c2cc(Cl)ccc2NS(=O)(=O)c2ccccc2)cc1. The lowest BCUT2D eigenvalue weighted by Crippen LogP contribution is -2.28. The fraction of sp³-hybridized carbons (Fsp3) is 0.136. The Morgan fingerprint density at radius 2 is 1.67 bits per heavy atom. The second-order valence-electron chi connectivity index (χ2n) is 6.58. The molecule has 3 aromatic carbocycles. The average molecular weight is 445 g/mol. The van der Waals surface area contributed by atoms with Crippen LogP contribution in [0, 0.1) is 0 Å². The highest BCUT2D eigenvalue weighted by Gasteiger charge is 2.20. The summed E-state index contributed by atoms with van der Waals surface area (Å²) in [6, 6.07) is 19.3. The first-order chi connectivity index (χ1) is 14.3. The largest absolute Gasteiger partial charge is 0.497 e. The predicted molar refractivity (Wildman–Crippen MR) is 118 cm³/mol. The van der Waals surface area contributed by atoms with Crippen molar-refractivity contribution in [2.45, 2.75) is 17.9 Å². The van der Waals surface area contributed by atoms with E-state index in [2.05, 4.69) is 10.0 Å². The Morgan fingerprint density at radius 1 is 1.00 bits per heavy atom. The molecule has 0 fully saturated rings. The molecule has 0 aliphatic heterocycles. The van der Waals surface area contributed by atoms with E-state index in [4.69, 9.17) is 16.3 Å². The first-order valence-corrected chi connectivity index (χ1v) is 11.0. The van der Waals surface area contributed by atoms with Crippen LogP contribution in [0.5, 0.6) is 5.75 Å². The molecule has 3 rings (SSSR count). The van der Waals surface area contributed by atoms with Crippen LogP contribution in [0.25, 0.3) is 0 Å². The van der Waals surface area contributed by atoms with Gasteiger partial charge in [-0.2, -0.15) is 0 Å². The van der Waals surface area contributed by atoms with Crippen molar-refractivity contribution < 1.29 is 17.9 Å². The van der Waals surface area contributed by atoms with E-state index in [-0.39, 0.29) is 22.2 Å². The summed E-state index contributed by atoms with van der Waals surface area (Å²) in [6.45, 7) is 1.83. The lowest BCUT2D eigenvalue weighted by Gasteiger charge is -2.17. The number of ether oxygens (including phenoxy) is 1. The quantitative estimate of drug-likeness (QED) is 0.556. The molecule has 3 aromatic rings. The van der Waals surface area contributed by atoms with E-state index in [9.17, 15) is 13.2 Å². The minimum Gasteiger partial charge on any atom is -0.497 e. The smallest absolute Gasteiger partial charge is 0.261 e. The molecule has 8 heteroatoms. The third kappa shape index (κ3) is 5.11. The van der Waals surface area contributed by atoms with Crippen LogP contribution in [0.3, 0.4) is 0 Å². The number of nitrogens with one attached hydrogen (secondary N) is 2. The van der Waals surface area contributed by atoms with Gasteiger partial charge in [0.15, 0.2) is 0 Å². The summed E-state index contributed by atoms with van der Waals surface area (Å²) in [6.07, 6.45) is 0. The Kier molecular flexibility index (Phi) is 6.64. The number of methoxy groups -OCH3 is 1. The molecule has 0 spiro atoms. The van der Waals surface area contributed by atoms with E-state index in [1.165, 1.54) is 30.3 Å². The molecule has 0 radical (unpaired) electrons. The molecule has 2 N–H and O–H groups in total.